The molecule has 2 aromatic rings. The maximum Gasteiger partial charge on any atom is 0.257 e. The molecule has 0 aliphatic carbocycles. The SMILES string of the molecule is C/C=C\C(=C/C)c1nc2nccc(C(=O)NC3=C(OCC)C=CNC3)c2[nH]1.CCC. The van der Waals surface area contributed by atoms with Gasteiger partial charge in [-0.15, -0.1) is 0 Å². The van der Waals surface area contributed by atoms with Crippen LogP contribution >= 0.6 is 0 Å². The zero-order valence-electron chi connectivity index (χ0n) is 18.4. The number of allylic oxidation sites excluding steroid dienone is 5. The summed E-state index contributed by atoms with van der Waals surface area (Å²) < 4.78 is 5.59. The highest BCUT2D eigenvalue weighted by atomic mass is 16.5. The fraction of sp³-hybridized carbons (Fsp3) is 0.348. The molecule has 2 aromatic heterocycles. The Morgan fingerprint density at radius 1 is 1.30 bits per heavy atom. The summed E-state index contributed by atoms with van der Waals surface area (Å²) in [5.74, 6) is 1.09. The number of pyridine rings is 1. The summed E-state index contributed by atoms with van der Waals surface area (Å²) >= 11 is 0. The predicted octanol–water partition coefficient (Wildman–Crippen LogP) is 4.45. The van der Waals surface area contributed by atoms with E-state index in [-0.39, 0.29) is 5.91 Å². The Morgan fingerprint density at radius 3 is 2.73 bits per heavy atom. The number of amides is 1. The minimum atomic E-state index is -0.241. The third-order valence-corrected chi connectivity index (χ3v) is 4.06. The van der Waals surface area contributed by atoms with Crippen molar-refractivity contribution in [2.45, 2.75) is 41.0 Å². The zero-order valence-corrected chi connectivity index (χ0v) is 18.4. The monoisotopic (exact) mass is 409 g/mol. The molecular formula is C23H31N5O2. The lowest BCUT2D eigenvalue weighted by molar-refractivity contribution is 0.0962. The molecule has 0 atom stereocenters. The molecule has 7 heteroatoms. The molecule has 0 saturated carbocycles. The Bertz CT molecular complexity index is 983. The number of hydrogen-bond acceptors (Lipinski definition) is 5. The lowest BCUT2D eigenvalue weighted by Gasteiger charge is -2.18. The molecule has 3 N–H and O–H groups in total. The number of nitrogens with one attached hydrogen (secondary N) is 3. The van der Waals surface area contributed by atoms with Gasteiger partial charge in [-0.05, 0) is 32.9 Å². The van der Waals surface area contributed by atoms with Gasteiger partial charge in [0.2, 0.25) is 0 Å². The molecule has 0 radical (unpaired) electrons. The molecule has 1 aliphatic rings. The quantitative estimate of drug-likeness (QED) is 0.613. The number of fused-ring (bicyclic) bond motifs is 1. The third-order valence-electron chi connectivity index (χ3n) is 4.06. The van der Waals surface area contributed by atoms with E-state index < -0.39 is 0 Å². The summed E-state index contributed by atoms with van der Waals surface area (Å²) in [6.07, 6.45) is 12.3. The van der Waals surface area contributed by atoms with Gasteiger partial charge in [0.05, 0.1) is 29.9 Å². The third kappa shape index (κ3) is 5.59. The summed E-state index contributed by atoms with van der Waals surface area (Å²) in [5, 5.41) is 6.01. The maximum atomic E-state index is 12.9. The molecule has 3 heterocycles. The van der Waals surface area contributed by atoms with Crippen molar-refractivity contribution >= 4 is 22.6 Å². The number of dihydropyridines is 1. The van der Waals surface area contributed by atoms with Crippen LogP contribution in [-0.4, -0.2) is 34.0 Å². The van der Waals surface area contributed by atoms with Crippen LogP contribution in [0.25, 0.3) is 16.7 Å². The van der Waals surface area contributed by atoms with Gasteiger partial charge in [-0.25, -0.2) is 9.97 Å². The molecular weight excluding hydrogens is 378 g/mol. The van der Waals surface area contributed by atoms with Gasteiger partial charge in [0.25, 0.3) is 5.91 Å². The van der Waals surface area contributed by atoms with Crippen molar-refractivity contribution in [2.24, 2.45) is 0 Å². The van der Waals surface area contributed by atoms with Crippen molar-refractivity contribution in [3.05, 3.63) is 65.6 Å². The van der Waals surface area contributed by atoms with E-state index >= 15 is 0 Å². The lowest BCUT2D eigenvalue weighted by Crippen LogP contribution is -2.31. The summed E-state index contributed by atoms with van der Waals surface area (Å²) in [7, 11) is 0. The van der Waals surface area contributed by atoms with Crippen LogP contribution in [0.4, 0.5) is 0 Å². The van der Waals surface area contributed by atoms with Crippen LogP contribution in [0.5, 0.6) is 0 Å². The molecule has 7 nitrogen and oxygen atoms in total. The first-order valence-electron chi connectivity index (χ1n) is 10.3. The second kappa shape index (κ2) is 11.6. The summed E-state index contributed by atoms with van der Waals surface area (Å²) in [6, 6.07) is 1.68. The minimum absolute atomic E-state index is 0.241. The van der Waals surface area contributed by atoms with Gasteiger partial charge in [-0.2, -0.15) is 0 Å². The average Bonchev–Trinajstić information content (AvgIpc) is 3.18. The number of aromatic nitrogens is 3. The van der Waals surface area contributed by atoms with Gasteiger partial charge in [-0.3, -0.25) is 4.79 Å². The van der Waals surface area contributed by atoms with Gasteiger partial charge in [0.15, 0.2) is 5.65 Å². The first kappa shape index (κ1) is 22.9. The Labute approximate surface area is 178 Å². The van der Waals surface area contributed by atoms with E-state index in [0.717, 1.165) is 5.57 Å². The zero-order chi connectivity index (χ0) is 21.9. The first-order valence-corrected chi connectivity index (χ1v) is 10.3. The number of carbonyl (C=O) groups excluding carboxylic acids is 1. The predicted molar refractivity (Wildman–Crippen MR) is 122 cm³/mol. The Hall–Kier alpha value is -3.35. The Morgan fingerprint density at radius 2 is 2.07 bits per heavy atom. The normalized spacial score (nSPS) is 13.8. The smallest absolute Gasteiger partial charge is 0.257 e. The number of carbonyl (C=O) groups is 1. The number of H-pyrrole nitrogens is 1. The van der Waals surface area contributed by atoms with Gasteiger partial charge in [0, 0.05) is 18.0 Å². The van der Waals surface area contributed by atoms with Gasteiger partial charge >= 0.3 is 0 Å². The van der Waals surface area contributed by atoms with Crippen molar-refractivity contribution in [3.8, 4) is 0 Å². The number of nitrogens with zero attached hydrogens (tertiary/aromatic N) is 2. The molecule has 0 saturated heterocycles. The van der Waals surface area contributed by atoms with Gasteiger partial charge < -0.3 is 20.4 Å². The van der Waals surface area contributed by atoms with E-state index in [4.69, 9.17) is 4.74 Å². The largest absolute Gasteiger partial charge is 0.492 e. The molecule has 3 rings (SSSR count). The lowest BCUT2D eigenvalue weighted by atomic mass is 10.2. The van der Waals surface area contributed by atoms with Crippen molar-refractivity contribution in [1.82, 2.24) is 25.6 Å². The second-order valence-electron chi connectivity index (χ2n) is 6.54. The fourth-order valence-corrected chi connectivity index (χ4v) is 2.81. The van der Waals surface area contributed by atoms with Crippen LogP contribution in [0, 0.1) is 0 Å². The molecule has 0 bridgehead atoms. The number of hydrogen-bond donors (Lipinski definition) is 3. The van der Waals surface area contributed by atoms with E-state index in [9.17, 15) is 4.79 Å². The van der Waals surface area contributed by atoms with E-state index in [0.29, 0.717) is 47.2 Å². The van der Waals surface area contributed by atoms with Crippen LogP contribution in [0.15, 0.2) is 54.2 Å². The molecule has 1 aliphatic heterocycles. The van der Waals surface area contributed by atoms with Crippen LogP contribution in [0.3, 0.4) is 0 Å². The number of ether oxygens (including phenoxy) is 1. The summed E-state index contributed by atoms with van der Waals surface area (Å²) in [6.45, 7) is 11.1. The Kier molecular flexibility index (Phi) is 8.87. The van der Waals surface area contributed by atoms with Crippen LogP contribution in [-0.2, 0) is 4.74 Å². The fourth-order valence-electron chi connectivity index (χ4n) is 2.81. The van der Waals surface area contributed by atoms with Crippen molar-refractivity contribution in [3.63, 3.8) is 0 Å². The molecule has 1 amide bonds. The number of imidazole rings is 1. The topological polar surface area (TPSA) is 91.9 Å². The first-order chi connectivity index (χ1) is 14.6. The summed E-state index contributed by atoms with van der Waals surface area (Å²) in [4.78, 5) is 24.9. The molecule has 0 fully saturated rings. The van der Waals surface area contributed by atoms with Crippen molar-refractivity contribution in [1.29, 1.82) is 0 Å². The van der Waals surface area contributed by atoms with E-state index in [2.05, 4.69) is 39.4 Å². The van der Waals surface area contributed by atoms with E-state index in [1.165, 1.54) is 6.42 Å². The molecule has 0 aromatic carbocycles. The summed E-state index contributed by atoms with van der Waals surface area (Å²) in [5.41, 5.74) is 3.21. The highest BCUT2D eigenvalue weighted by Crippen LogP contribution is 2.20. The maximum absolute atomic E-state index is 12.9. The van der Waals surface area contributed by atoms with Crippen LogP contribution in [0.2, 0.25) is 0 Å². The van der Waals surface area contributed by atoms with Crippen LogP contribution in [0.1, 0.15) is 57.2 Å². The second-order valence-corrected chi connectivity index (χ2v) is 6.54. The highest BCUT2D eigenvalue weighted by molar-refractivity contribution is 6.05. The molecule has 0 unspecified atom stereocenters. The van der Waals surface area contributed by atoms with Crippen molar-refractivity contribution < 1.29 is 9.53 Å². The van der Waals surface area contributed by atoms with Crippen LogP contribution < -0.4 is 10.6 Å². The van der Waals surface area contributed by atoms with Gasteiger partial charge in [-0.1, -0.05) is 38.5 Å². The van der Waals surface area contributed by atoms with E-state index in [1.54, 1.807) is 24.5 Å². The van der Waals surface area contributed by atoms with Gasteiger partial charge in [0.1, 0.15) is 11.6 Å². The minimum Gasteiger partial charge on any atom is -0.492 e. The molecule has 30 heavy (non-hydrogen) atoms. The Balaban J connectivity index is 0.00000101. The number of rotatable bonds is 6. The molecule has 160 valence electrons. The average molecular weight is 410 g/mol. The number of aromatic amines is 1. The highest BCUT2D eigenvalue weighted by Gasteiger charge is 2.18. The van der Waals surface area contributed by atoms with Crippen molar-refractivity contribution in [2.75, 3.05) is 13.2 Å². The standard InChI is InChI=1S/C20H23N5O2.C3H8/c1-4-7-13(5-2)18-24-17-14(8-11-22-19(17)25-18)20(26)23-15-12-21-10-9-16(15)27-6-3;1-3-2/h4-5,7-11,21H,6,12H2,1-3H3,(H,23,26)(H,22,24,25);3H2,1-2H3/b7-4-,13-5+;. The van der Waals surface area contributed by atoms with E-state index in [1.807, 2.05) is 39.0 Å². The molecule has 0 spiro atoms.